The Bertz CT molecular complexity index is 413. The Kier molecular flexibility index (Phi) is 3.61. The summed E-state index contributed by atoms with van der Waals surface area (Å²) in [7, 11) is 1.61. The maximum atomic E-state index is 9.18. The van der Waals surface area contributed by atoms with Crippen molar-refractivity contribution in [1.82, 2.24) is 0 Å². The van der Waals surface area contributed by atoms with E-state index >= 15 is 0 Å². The van der Waals surface area contributed by atoms with E-state index in [4.69, 9.17) is 21.1 Å². The molecule has 1 N–H and O–H groups in total. The van der Waals surface area contributed by atoms with Crippen LogP contribution in [0.1, 0.15) is 17.5 Å². The molecule has 94 valence electrons. The standard InChI is InChI=1S/C13H17ClO3/c1-9-5-12(16-2)11(14)6-10(9)13(3-4-15)7-17-8-13/h5-6,15H,3-4,7-8H2,1-2H3. The van der Waals surface area contributed by atoms with E-state index < -0.39 is 0 Å². The predicted molar refractivity (Wildman–Crippen MR) is 66.9 cm³/mol. The molecule has 0 aromatic heterocycles. The molecule has 4 heteroatoms. The zero-order valence-electron chi connectivity index (χ0n) is 10.1. The molecule has 1 fully saturated rings. The molecule has 1 saturated heterocycles. The van der Waals surface area contributed by atoms with Gasteiger partial charge in [-0.15, -0.1) is 0 Å². The molecule has 1 aliphatic rings. The quantitative estimate of drug-likeness (QED) is 0.899. The summed E-state index contributed by atoms with van der Waals surface area (Å²) >= 11 is 6.16. The molecular formula is C13H17ClO3. The molecule has 0 radical (unpaired) electrons. The van der Waals surface area contributed by atoms with Crippen molar-refractivity contribution in [2.24, 2.45) is 0 Å². The van der Waals surface area contributed by atoms with Crippen LogP contribution in [0.5, 0.6) is 5.75 Å². The monoisotopic (exact) mass is 256 g/mol. The minimum atomic E-state index is -0.0747. The first-order valence-corrected chi connectivity index (χ1v) is 6.04. The predicted octanol–water partition coefficient (Wildman–Crippen LogP) is 2.31. The van der Waals surface area contributed by atoms with Gasteiger partial charge in [0.05, 0.1) is 25.3 Å². The van der Waals surface area contributed by atoms with Gasteiger partial charge in [0.25, 0.3) is 0 Å². The van der Waals surface area contributed by atoms with E-state index in [2.05, 4.69) is 0 Å². The highest BCUT2D eigenvalue weighted by molar-refractivity contribution is 6.32. The van der Waals surface area contributed by atoms with Crippen LogP contribution >= 0.6 is 11.6 Å². The van der Waals surface area contributed by atoms with Gasteiger partial charge in [0.2, 0.25) is 0 Å². The highest BCUT2D eigenvalue weighted by atomic mass is 35.5. The molecule has 3 nitrogen and oxygen atoms in total. The van der Waals surface area contributed by atoms with Gasteiger partial charge in [-0.25, -0.2) is 0 Å². The first-order valence-electron chi connectivity index (χ1n) is 5.66. The lowest BCUT2D eigenvalue weighted by atomic mass is 9.74. The highest BCUT2D eigenvalue weighted by Gasteiger charge is 2.41. The summed E-state index contributed by atoms with van der Waals surface area (Å²) in [5.74, 6) is 0.687. The van der Waals surface area contributed by atoms with Crippen LogP contribution in [0.2, 0.25) is 5.02 Å². The van der Waals surface area contributed by atoms with Crippen molar-refractivity contribution in [3.63, 3.8) is 0 Å². The summed E-state index contributed by atoms with van der Waals surface area (Å²) in [6.07, 6.45) is 0.705. The average molecular weight is 257 g/mol. The third-order valence-corrected chi connectivity index (χ3v) is 3.71. The summed E-state index contributed by atoms with van der Waals surface area (Å²) < 4.78 is 10.5. The fourth-order valence-electron chi connectivity index (χ4n) is 2.38. The molecule has 1 aliphatic heterocycles. The fourth-order valence-corrected chi connectivity index (χ4v) is 2.62. The second-order valence-electron chi connectivity index (χ2n) is 4.55. The largest absolute Gasteiger partial charge is 0.495 e. The zero-order chi connectivity index (χ0) is 12.5. The number of hydrogen-bond donors (Lipinski definition) is 1. The molecule has 0 spiro atoms. The third-order valence-electron chi connectivity index (χ3n) is 3.42. The first-order chi connectivity index (χ1) is 8.13. The number of halogens is 1. The average Bonchev–Trinajstić information content (AvgIpc) is 2.26. The van der Waals surface area contributed by atoms with Crippen molar-refractivity contribution >= 4 is 11.6 Å². The van der Waals surface area contributed by atoms with Crippen LogP contribution < -0.4 is 4.74 Å². The number of hydrogen-bond acceptors (Lipinski definition) is 3. The van der Waals surface area contributed by atoms with E-state index in [-0.39, 0.29) is 12.0 Å². The third kappa shape index (κ3) is 2.15. The SMILES string of the molecule is COc1cc(C)c(C2(CCO)COC2)cc1Cl. The molecule has 17 heavy (non-hydrogen) atoms. The van der Waals surface area contributed by atoms with E-state index in [0.717, 1.165) is 11.1 Å². The number of rotatable bonds is 4. The van der Waals surface area contributed by atoms with Crippen molar-refractivity contribution in [3.8, 4) is 5.75 Å². The zero-order valence-corrected chi connectivity index (χ0v) is 10.9. The van der Waals surface area contributed by atoms with Gasteiger partial charge in [-0.3, -0.25) is 0 Å². The van der Waals surface area contributed by atoms with Gasteiger partial charge in [0, 0.05) is 12.0 Å². The van der Waals surface area contributed by atoms with Crippen molar-refractivity contribution < 1.29 is 14.6 Å². The fraction of sp³-hybridized carbons (Fsp3) is 0.538. The normalized spacial score (nSPS) is 17.6. The molecule has 2 rings (SSSR count). The molecule has 1 aromatic carbocycles. The lowest BCUT2D eigenvalue weighted by Gasteiger charge is -2.42. The van der Waals surface area contributed by atoms with Crippen molar-refractivity contribution in [3.05, 3.63) is 28.3 Å². The van der Waals surface area contributed by atoms with E-state index in [1.165, 1.54) is 0 Å². The summed E-state index contributed by atoms with van der Waals surface area (Å²) in [5.41, 5.74) is 2.21. The maximum absolute atomic E-state index is 9.18. The molecule has 0 bridgehead atoms. The molecule has 1 heterocycles. The van der Waals surface area contributed by atoms with Gasteiger partial charge < -0.3 is 14.6 Å². The van der Waals surface area contributed by atoms with Crippen LogP contribution in [0, 0.1) is 6.92 Å². The van der Waals surface area contributed by atoms with Gasteiger partial charge in [-0.1, -0.05) is 11.6 Å². The summed E-state index contributed by atoms with van der Waals surface area (Å²) in [4.78, 5) is 0. The van der Waals surface area contributed by atoms with E-state index in [9.17, 15) is 5.11 Å². The van der Waals surface area contributed by atoms with Crippen LogP contribution in [-0.4, -0.2) is 32.0 Å². The first kappa shape index (κ1) is 12.7. The summed E-state index contributed by atoms with van der Waals surface area (Å²) in [6, 6.07) is 3.88. The van der Waals surface area contributed by atoms with Gasteiger partial charge in [-0.2, -0.15) is 0 Å². The van der Waals surface area contributed by atoms with Gasteiger partial charge in [0.15, 0.2) is 0 Å². The van der Waals surface area contributed by atoms with Crippen molar-refractivity contribution in [2.75, 3.05) is 26.9 Å². The Morgan fingerprint density at radius 1 is 1.47 bits per heavy atom. The van der Waals surface area contributed by atoms with Crippen LogP contribution in [0.25, 0.3) is 0 Å². The smallest absolute Gasteiger partial charge is 0.137 e. The van der Waals surface area contributed by atoms with Crippen LogP contribution in [0.4, 0.5) is 0 Å². The Balaban J connectivity index is 2.41. The number of ether oxygens (including phenoxy) is 2. The number of aliphatic hydroxyl groups excluding tert-OH is 1. The lowest BCUT2D eigenvalue weighted by molar-refractivity contribution is -0.0703. The molecule has 1 aromatic rings. The van der Waals surface area contributed by atoms with E-state index in [1.807, 2.05) is 19.1 Å². The van der Waals surface area contributed by atoms with Crippen LogP contribution in [0.15, 0.2) is 12.1 Å². The van der Waals surface area contributed by atoms with E-state index in [0.29, 0.717) is 30.4 Å². The summed E-state index contributed by atoms with van der Waals surface area (Å²) in [6.45, 7) is 3.49. The van der Waals surface area contributed by atoms with Crippen LogP contribution in [-0.2, 0) is 10.2 Å². The minimum Gasteiger partial charge on any atom is -0.495 e. The maximum Gasteiger partial charge on any atom is 0.137 e. The topological polar surface area (TPSA) is 38.7 Å². The van der Waals surface area contributed by atoms with Gasteiger partial charge in [0.1, 0.15) is 5.75 Å². The Hall–Kier alpha value is -0.770. The van der Waals surface area contributed by atoms with Crippen LogP contribution in [0.3, 0.4) is 0 Å². The second kappa shape index (κ2) is 4.84. The molecule has 0 unspecified atom stereocenters. The summed E-state index contributed by atoms with van der Waals surface area (Å²) in [5, 5.41) is 9.78. The van der Waals surface area contributed by atoms with E-state index in [1.54, 1.807) is 7.11 Å². The highest BCUT2D eigenvalue weighted by Crippen LogP contribution is 2.40. The molecular weight excluding hydrogens is 240 g/mol. The number of aryl methyl sites for hydroxylation is 1. The molecule has 0 aliphatic carbocycles. The molecule has 0 atom stereocenters. The van der Waals surface area contributed by atoms with Crippen molar-refractivity contribution in [1.29, 1.82) is 0 Å². The molecule has 0 amide bonds. The number of benzene rings is 1. The second-order valence-corrected chi connectivity index (χ2v) is 4.96. The van der Waals surface area contributed by atoms with Gasteiger partial charge in [-0.05, 0) is 36.6 Å². The van der Waals surface area contributed by atoms with Gasteiger partial charge >= 0.3 is 0 Å². The molecule has 0 saturated carbocycles. The lowest BCUT2D eigenvalue weighted by Crippen LogP contribution is -2.47. The Morgan fingerprint density at radius 3 is 2.65 bits per heavy atom. The van der Waals surface area contributed by atoms with Crippen molar-refractivity contribution in [2.45, 2.75) is 18.8 Å². The Labute approximate surface area is 106 Å². The Morgan fingerprint density at radius 2 is 2.18 bits per heavy atom. The minimum absolute atomic E-state index is 0.0747. The number of methoxy groups -OCH3 is 1. The number of aliphatic hydroxyl groups is 1.